The van der Waals surface area contributed by atoms with Gasteiger partial charge in [0.15, 0.2) is 0 Å². The van der Waals surface area contributed by atoms with Gasteiger partial charge in [-0.15, -0.1) is 0 Å². The number of benzene rings is 2. The number of hydrogen-bond donors (Lipinski definition) is 2. The standard InChI is InChI=1S/C23H14Cl2N2O6S/c24-13-2-1-3-14(9-13)26-20(28)11-27-21(29)19(34-23(27)32)10-15-5-7-18(33-15)16-8-12(22(30)31)4-6-17(16)25/h1-10H,11H2,(H,26,28)(H,30,31)/b19-10-. The van der Waals surface area contributed by atoms with Gasteiger partial charge in [0.25, 0.3) is 11.1 Å². The fourth-order valence-corrected chi connectivity index (χ4v) is 4.32. The summed E-state index contributed by atoms with van der Waals surface area (Å²) >= 11 is 12.7. The zero-order chi connectivity index (χ0) is 24.4. The van der Waals surface area contributed by atoms with Crippen molar-refractivity contribution in [3.05, 3.63) is 80.9 Å². The Morgan fingerprint density at radius 1 is 1.09 bits per heavy atom. The van der Waals surface area contributed by atoms with Gasteiger partial charge in [0.2, 0.25) is 5.91 Å². The van der Waals surface area contributed by atoms with Gasteiger partial charge < -0.3 is 14.8 Å². The van der Waals surface area contributed by atoms with Crippen molar-refractivity contribution in [2.45, 2.75) is 0 Å². The number of thioether (sulfide) groups is 1. The quantitative estimate of drug-likeness (QED) is 0.407. The van der Waals surface area contributed by atoms with Crippen molar-refractivity contribution < 1.29 is 28.7 Å². The third-order valence-electron chi connectivity index (χ3n) is 4.66. The van der Waals surface area contributed by atoms with Crippen molar-refractivity contribution >= 4 is 69.8 Å². The molecule has 0 atom stereocenters. The van der Waals surface area contributed by atoms with E-state index >= 15 is 0 Å². The van der Waals surface area contributed by atoms with Crippen LogP contribution in [0.5, 0.6) is 0 Å². The highest BCUT2D eigenvalue weighted by Crippen LogP contribution is 2.35. The molecular formula is C23H14Cl2N2O6S. The molecular weight excluding hydrogens is 503 g/mol. The monoisotopic (exact) mass is 516 g/mol. The Kier molecular flexibility index (Phi) is 6.78. The molecule has 0 aliphatic carbocycles. The van der Waals surface area contributed by atoms with E-state index in [-0.39, 0.29) is 21.3 Å². The van der Waals surface area contributed by atoms with Gasteiger partial charge in [-0.2, -0.15) is 0 Å². The molecule has 11 heteroatoms. The van der Waals surface area contributed by atoms with E-state index in [1.165, 1.54) is 24.3 Å². The van der Waals surface area contributed by atoms with Crippen LogP contribution in [-0.4, -0.2) is 39.6 Å². The summed E-state index contributed by atoms with van der Waals surface area (Å²) in [6.45, 7) is -0.463. The molecule has 4 rings (SSSR count). The van der Waals surface area contributed by atoms with Crippen LogP contribution in [-0.2, 0) is 9.59 Å². The first kappa shape index (κ1) is 23.6. The number of nitrogens with one attached hydrogen (secondary N) is 1. The topological polar surface area (TPSA) is 117 Å². The van der Waals surface area contributed by atoms with E-state index in [4.69, 9.17) is 27.6 Å². The number of anilines is 1. The summed E-state index contributed by atoms with van der Waals surface area (Å²) in [7, 11) is 0. The summed E-state index contributed by atoms with van der Waals surface area (Å²) in [5.41, 5.74) is 0.843. The Morgan fingerprint density at radius 3 is 2.62 bits per heavy atom. The Morgan fingerprint density at radius 2 is 1.88 bits per heavy atom. The van der Waals surface area contributed by atoms with Gasteiger partial charge in [0, 0.05) is 22.3 Å². The number of amides is 3. The second kappa shape index (κ2) is 9.76. The van der Waals surface area contributed by atoms with E-state index in [9.17, 15) is 24.3 Å². The first-order valence-electron chi connectivity index (χ1n) is 9.65. The third kappa shape index (κ3) is 5.17. The number of carbonyl (C=O) groups excluding carboxylic acids is 3. The van der Waals surface area contributed by atoms with Crippen LogP contribution in [0, 0.1) is 0 Å². The molecule has 3 amide bonds. The minimum Gasteiger partial charge on any atom is -0.478 e. The molecule has 172 valence electrons. The summed E-state index contributed by atoms with van der Waals surface area (Å²) in [5.74, 6) is -1.77. The van der Waals surface area contributed by atoms with Crippen LogP contribution in [0.4, 0.5) is 10.5 Å². The second-order valence-corrected chi connectivity index (χ2v) is 8.86. The molecule has 1 aliphatic rings. The van der Waals surface area contributed by atoms with Crippen LogP contribution in [0.1, 0.15) is 16.1 Å². The molecule has 0 spiro atoms. The molecule has 2 N–H and O–H groups in total. The lowest BCUT2D eigenvalue weighted by molar-refractivity contribution is -0.127. The number of furan rings is 1. The molecule has 3 aromatic rings. The molecule has 2 aromatic carbocycles. The van der Waals surface area contributed by atoms with Gasteiger partial charge in [-0.25, -0.2) is 4.79 Å². The number of aromatic carboxylic acids is 1. The van der Waals surface area contributed by atoms with Gasteiger partial charge in [0.1, 0.15) is 18.1 Å². The van der Waals surface area contributed by atoms with Crippen molar-refractivity contribution in [2.75, 3.05) is 11.9 Å². The number of imide groups is 1. The van der Waals surface area contributed by atoms with E-state index in [1.54, 1.807) is 36.4 Å². The molecule has 1 saturated heterocycles. The van der Waals surface area contributed by atoms with Crippen molar-refractivity contribution in [2.24, 2.45) is 0 Å². The number of carboxylic acids is 1. The van der Waals surface area contributed by atoms with Crippen LogP contribution in [0.2, 0.25) is 10.0 Å². The number of carboxylic acid groups (broad SMARTS) is 1. The third-order valence-corrected chi connectivity index (χ3v) is 6.13. The highest BCUT2D eigenvalue weighted by Gasteiger charge is 2.36. The van der Waals surface area contributed by atoms with Crippen LogP contribution in [0.3, 0.4) is 0 Å². The van der Waals surface area contributed by atoms with Gasteiger partial charge in [-0.1, -0.05) is 29.3 Å². The average molecular weight is 517 g/mol. The lowest BCUT2D eigenvalue weighted by Crippen LogP contribution is -2.36. The fourth-order valence-electron chi connectivity index (χ4n) is 3.10. The van der Waals surface area contributed by atoms with Crippen molar-refractivity contribution in [3.63, 3.8) is 0 Å². The maximum atomic E-state index is 12.7. The largest absolute Gasteiger partial charge is 0.478 e. The summed E-state index contributed by atoms with van der Waals surface area (Å²) in [6.07, 6.45) is 1.37. The van der Waals surface area contributed by atoms with Gasteiger partial charge >= 0.3 is 5.97 Å². The molecule has 0 bridgehead atoms. The molecule has 1 fully saturated rings. The maximum absolute atomic E-state index is 12.7. The number of nitrogens with zero attached hydrogens (tertiary/aromatic N) is 1. The highest BCUT2D eigenvalue weighted by atomic mass is 35.5. The number of carbonyl (C=O) groups is 4. The van der Waals surface area contributed by atoms with E-state index in [2.05, 4.69) is 5.32 Å². The minimum absolute atomic E-state index is 0.0366. The lowest BCUT2D eigenvalue weighted by Gasteiger charge is -2.12. The fraction of sp³-hybridized carbons (Fsp3) is 0.0435. The minimum atomic E-state index is -1.11. The SMILES string of the molecule is O=C(CN1C(=O)S/C(=C\c2ccc(-c3cc(C(=O)O)ccc3Cl)o2)C1=O)Nc1cccc(Cl)c1. The van der Waals surface area contributed by atoms with Crippen molar-refractivity contribution in [3.8, 4) is 11.3 Å². The summed E-state index contributed by atoms with van der Waals surface area (Å²) in [6, 6.07) is 13.8. The molecule has 34 heavy (non-hydrogen) atoms. The molecule has 2 heterocycles. The number of rotatable bonds is 6. The van der Waals surface area contributed by atoms with Crippen molar-refractivity contribution in [1.29, 1.82) is 0 Å². The summed E-state index contributed by atoms with van der Waals surface area (Å²) in [5, 5.41) is 11.9. The average Bonchev–Trinajstić information content (AvgIpc) is 3.34. The smallest absolute Gasteiger partial charge is 0.335 e. The summed E-state index contributed by atoms with van der Waals surface area (Å²) < 4.78 is 5.70. The van der Waals surface area contributed by atoms with Crippen molar-refractivity contribution in [1.82, 2.24) is 4.90 Å². The number of halogens is 2. The van der Waals surface area contributed by atoms with Gasteiger partial charge in [-0.3, -0.25) is 19.3 Å². The molecule has 1 aliphatic heterocycles. The second-order valence-electron chi connectivity index (χ2n) is 7.03. The van der Waals surface area contributed by atoms with E-state index < -0.39 is 29.6 Å². The zero-order valence-corrected chi connectivity index (χ0v) is 19.4. The Balaban J connectivity index is 1.49. The van der Waals surface area contributed by atoms with Crippen LogP contribution >= 0.6 is 35.0 Å². The zero-order valence-electron chi connectivity index (χ0n) is 17.1. The first-order chi connectivity index (χ1) is 16.2. The Bertz CT molecular complexity index is 1370. The maximum Gasteiger partial charge on any atom is 0.335 e. The molecule has 0 saturated carbocycles. The Hall–Kier alpha value is -3.53. The predicted molar refractivity (Wildman–Crippen MR) is 129 cm³/mol. The van der Waals surface area contributed by atoms with Crippen LogP contribution in [0.25, 0.3) is 17.4 Å². The van der Waals surface area contributed by atoms with Crippen LogP contribution in [0.15, 0.2) is 63.9 Å². The van der Waals surface area contributed by atoms with Gasteiger partial charge in [0.05, 0.1) is 15.5 Å². The molecule has 1 aromatic heterocycles. The number of hydrogen-bond acceptors (Lipinski definition) is 6. The normalized spacial score (nSPS) is 14.6. The first-order valence-corrected chi connectivity index (χ1v) is 11.2. The van der Waals surface area contributed by atoms with Crippen LogP contribution < -0.4 is 5.32 Å². The molecule has 0 radical (unpaired) electrons. The highest BCUT2D eigenvalue weighted by molar-refractivity contribution is 8.18. The van der Waals surface area contributed by atoms with Gasteiger partial charge in [-0.05, 0) is 60.3 Å². The molecule has 0 unspecified atom stereocenters. The van der Waals surface area contributed by atoms with E-state index in [0.29, 0.717) is 33.8 Å². The Labute approximate surface area is 207 Å². The predicted octanol–water partition coefficient (Wildman–Crippen LogP) is 5.63. The van der Waals surface area contributed by atoms with E-state index in [1.807, 2.05) is 0 Å². The summed E-state index contributed by atoms with van der Waals surface area (Å²) in [4.78, 5) is 49.5. The lowest BCUT2D eigenvalue weighted by atomic mass is 10.1. The van der Waals surface area contributed by atoms with E-state index in [0.717, 1.165) is 4.90 Å². The molecule has 8 nitrogen and oxygen atoms in total.